The van der Waals surface area contributed by atoms with Crippen LogP contribution in [0.1, 0.15) is 58.2 Å². The predicted molar refractivity (Wildman–Crippen MR) is 104 cm³/mol. The molecule has 4 nitrogen and oxygen atoms in total. The van der Waals surface area contributed by atoms with Gasteiger partial charge in [-0.3, -0.25) is 4.90 Å². The predicted octanol–water partition coefficient (Wildman–Crippen LogP) is 4.72. The van der Waals surface area contributed by atoms with Crippen LogP contribution < -0.4 is 0 Å². The molecule has 1 aliphatic carbocycles. The summed E-state index contributed by atoms with van der Waals surface area (Å²) >= 11 is 3.61. The van der Waals surface area contributed by atoms with Crippen molar-refractivity contribution in [2.75, 3.05) is 26.2 Å². The monoisotopic (exact) mass is 408 g/mol. The second-order valence-electron chi connectivity index (χ2n) is 8.84. The molecule has 138 valence electrons. The Balaban J connectivity index is 1.68. The highest BCUT2D eigenvalue weighted by molar-refractivity contribution is 9.10. The SMILES string of the molecule is CC(C)(C)OC(=O)N1CCN(C2CC(C)(C)c3cc(Br)ccc32)CC1. The zero-order valence-electron chi connectivity index (χ0n) is 15.9. The number of carbonyl (C=O) groups is 1. The van der Waals surface area contributed by atoms with Crippen molar-refractivity contribution in [3.63, 3.8) is 0 Å². The van der Waals surface area contributed by atoms with Gasteiger partial charge in [0, 0.05) is 36.7 Å². The van der Waals surface area contributed by atoms with Gasteiger partial charge in [0.15, 0.2) is 0 Å². The van der Waals surface area contributed by atoms with E-state index in [-0.39, 0.29) is 11.5 Å². The molecular formula is C20H29BrN2O2. The van der Waals surface area contributed by atoms with Crippen molar-refractivity contribution in [3.05, 3.63) is 33.8 Å². The lowest BCUT2D eigenvalue weighted by atomic mass is 9.86. The average molecular weight is 409 g/mol. The minimum Gasteiger partial charge on any atom is -0.444 e. The van der Waals surface area contributed by atoms with Gasteiger partial charge in [-0.05, 0) is 55.9 Å². The maximum Gasteiger partial charge on any atom is 0.410 e. The maximum atomic E-state index is 12.3. The number of hydrogen-bond acceptors (Lipinski definition) is 3. The molecule has 1 heterocycles. The Morgan fingerprint density at radius 3 is 2.44 bits per heavy atom. The molecule has 2 aliphatic rings. The maximum absolute atomic E-state index is 12.3. The second-order valence-corrected chi connectivity index (χ2v) is 9.75. The summed E-state index contributed by atoms with van der Waals surface area (Å²) in [6, 6.07) is 7.12. The van der Waals surface area contributed by atoms with Crippen LogP contribution in [0, 0.1) is 0 Å². The Hall–Kier alpha value is -1.07. The van der Waals surface area contributed by atoms with E-state index >= 15 is 0 Å². The molecule has 1 fully saturated rings. The number of benzene rings is 1. The minimum absolute atomic E-state index is 0.187. The zero-order valence-corrected chi connectivity index (χ0v) is 17.5. The summed E-state index contributed by atoms with van der Waals surface area (Å²) in [5.41, 5.74) is 2.64. The number of rotatable bonds is 1. The van der Waals surface area contributed by atoms with Crippen molar-refractivity contribution < 1.29 is 9.53 Å². The van der Waals surface area contributed by atoms with Gasteiger partial charge in [-0.1, -0.05) is 35.8 Å². The number of ether oxygens (including phenoxy) is 1. The number of carbonyl (C=O) groups excluding carboxylic acids is 1. The molecule has 3 rings (SSSR count). The van der Waals surface area contributed by atoms with E-state index in [0.29, 0.717) is 6.04 Å². The van der Waals surface area contributed by atoms with Crippen LogP contribution in [-0.4, -0.2) is 47.7 Å². The molecule has 0 spiro atoms. The lowest BCUT2D eigenvalue weighted by Crippen LogP contribution is -2.50. The molecule has 1 aliphatic heterocycles. The van der Waals surface area contributed by atoms with Crippen LogP contribution in [0.15, 0.2) is 22.7 Å². The fourth-order valence-electron chi connectivity index (χ4n) is 3.98. The molecule has 0 bridgehead atoms. The molecule has 1 unspecified atom stereocenters. The molecule has 0 N–H and O–H groups in total. The largest absolute Gasteiger partial charge is 0.444 e. The molecule has 1 aromatic rings. The summed E-state index contributed by atoms with van der Waals surface area (Å²) in [5.74, 6) is 0. The first-order valence-electron chi connectivity index (χ1n) is 9.09. The number of fused-ring (bicyclic) bond motifs is 1. The third-order valence-electron chi connectivity index (χ3n) is 5.21. The van der Waals surface area contributed by atoms with Crippen LogP contribution in [0.2, 0.25) is 0 Å². The molecule has 1 amide bonds. The molecule has 1 saturated heterocycles. The van der Waals surface area contributed by atoms with Crippen molar-refractivity contribution in [1.29, 1.82) is 0 Å². The Labute approximate surface area is 159 Å². The van der Waals surface area contributed by atoms with Gasteiger partial charge in [0.05, 0.1) is 0 Å². The van der Waals surface area contributed by atoms with E-state index in [1.807, 2.05) is 25.7 Å². The number of nitrogens with zero attached hydrogens (tertiary/aromatic N) is 2. The summed E-state index contributed by atoms with van der Waals surface area (Å²) in [6.45, 7) is 13.7. The summed E-state index contributed by atoms with van der Waals surface area (Å²) < 4.78 is 6.65. The van der Waals surface area contributed by atoms with Gasteiger partial charge >= 0.3 is 6.09 Å². The van der Waals surface area contributed by atoms with Crippen molar-refractivity contribution in [1.82, 2.24) is 9.80 Å². The molecule has 0 saturated carbocycles. The second kappa shape index (κ2) is 6.58. The van der Waals surface area contributed by atoms with Gasteiger partial charge in [-0.2, -0.15) is 0 Å². The van der Waals surface area contributed by atoms with E-state index in [1.165, 1.54) is 11.1 Å². The van der Waals surface area contributed by atoms with E-state index < -0.39 is 5.60 Å². The molecule has 25 heavy (non-hydrogen) atoms. The van der Waals surface area contributed by atoms with E-state index in [4.69, 9.17) is 4.74 Å². The summed E-state index contributed by atoms with van der Waals surface area (Å²) in [6.07, 6.45) is 0.939. The first-order chi connectivity index (χ1) is 11.6. The van der Waals surface area contributed by atoms with Gasteiger partial charge in [0.1, 0.15) is 5.60 Å². The number of hydrogen-bond donors (Lipinski definition) is 0. The molecule has 5 heteroatoms. The molecule has 0 radical (unpaired) electrons. The van der Waals surface area contributed by atoms with Gasteiger partial charge in [0.25, 0.3) is 0 Å². The molecule has 1 aromatic carbocycles. The lowest BCUT2D eigenvalue weighted by Gasteiger charge is -2.39. The van der Waals surface area contributed by atoms with Crippen LogP contribution >= 0.6 is 15.9 Å². The highest BCUT2D eigenvalue weighted by Crippen LogP contribution is 2.48. The van der Waals surface area contributed by atoms with Crippen LogP contribution in [-0.2, 0) is 10.2 Å². The van der Waals surface area contributed by atoms with Crippen LogP contribution in [0.3, 0.4) is 0 Å². The smallest absolute Gasteiger partial charge is 0.410 e. The Morgan fingerprint density at radius 1 is 1.20 bits per heavy atom. The molecular weight excluding hydrogens is 380 g/mol. The fraction of sp³-hybridized carbons (Fsp3) is 0.650. The van der Waals surface area contributed by atoms with Crippen LogP contribution in [0.4, 0.5) is 4.79 Å². The van der Waals surface area contributed by atoms with Crippen molar-refractivity contribution in [2.45, 2.75) is 58.1 Å². The highest BCUT2D eigenvalue weighted by Gasteiger charge is 2.40. The van der Waals surface area contributed by atoms with Gasteiger partial charge in [-0.25, -0.2) is 4.79 Å². The quantitative estimate of drug-likeness (QED) is 0.673. The lowest BCUT2D eigenvalue weighted by molar-refractivity contribution is 0.00961. The first kappa shape index (κ1) is 18.7. The minimum atomic E-state index is -0.435. The van der Waals surface area contributed by atoms with E-state index in [9.17, 15) is 4.79 Å². The fourth-order valence-corrected chi connectivity index (χ4v) is 4.34. The molecule has 0 aromatic heterocycles. The highest BCUT2D eigenvalue weighted by atomic mass is 79.9. The van der Waals surface area contributed by atoms with E-state index in [0.717, 1.165) is 37.1 Å². The Morgan fingerprint density at radius 2 is 1.84 bits per heavy atom. The third-order valence-corrected chi connectivity index (χ3v) is 5.71. The van der Waals surface area contributed by atoms with Crippen molar-refractivity contribution in [3.8, 4) is 0 Å². The molecule has 1 atom stereocenters. The summed E-state index contributed by atoms with van der Waals surface area (Å²) in [7, 11) is 0. The van der Waals surface area contributed by atoms with Crippen molar-refractivity contribution in [2.24, 2.45) is 0 Å². The topological polar surface area (TPSA) is 32.8 Å². The van der Waals surface area contributed by atoms with Crippen LogP contribution in [0.5, 0.6) is 0 Å². The zero-order chi connectivity index (χ0) is 18.4. The van der Waals surface area contributed by atoms with E-state index in [1.54, 1.807) is 0 Å². The van der Waals surface area contributed by atoms with Gasteiger partial charge in [-0.15, -0.1) is 0 Å². The van der Waals surface area contributed by atoms with Gasteiger partial charge in [0.2, 0.25) is 0 Å². The van der Waals surface area contributed by atoms with Crippen LogP contribution in [0.25, 0.3) is 0 Å². The summed E-state index contributed by atoms with van der Waals surface area (Å²) in [5, 5.41) is 0. The summed E-state index contributed by atoms with van der Waals surface area (Å²) in [4.78, 5) is 16.6. The Bertz CT molecular complexity index is 658. The normalized spacial score (nSPS) is 23.4. The number of amides is 1. The third kappa shape index (κ3) is 4.03. The van der Waals surface area contributed by atoms with E-state index in [2.05, 4.69) is 52.9 Å². The van der Waals surface area contributed by atoms with Crippen molar-refractivity contribution >= 4 is 22.0 Å². The van der Waals surface area contributed by atoms with Gasteiger partial charge < -0.3 is 9.64 Å². The number of piperazine rings is 1. The first-order valence-corrected chi connectivity index (χ1v) is 9.88. The Kier molecular flexibility index (Phi) is 4.93. The standard InChI is InChI=1S/C20H29BrN2O2/c1-19(2,3)25-18(24)23-10-8-22(9-11-23)17-13-20(4,5)16-12-14(21)6-7-15(16)17/h6-7,12,17H,8-11,13H2,1-5H3. The number of halogens is 1. The average Bonchev–Trinajstić information content (AvgIpc) is 2.77.